The fraction of sp³-hybridized carbons (Fsp3) is 0.214. The minimum Gasteiger partial charge on any atom is -0.435 e. The molecule has 0 saturated carbocycles. The van der Waals surface area contributed by atoms with Crippen LogP contribution in [0.4, 0.5) is 0 Å². The van der Waals surface area contributed by atoms with E-state index < -0.39 is 6.04 Å². The topological polar surface area (TPSA) is 81.5 Å². The molecule has 1 aliphatic heterocycles. The smallest absolute Gasteiger partial charge is 0.231 e. The van der Waals surface area contributed by atoms with Gasteiger partial charge >= 0.3 is 0 Å². The Morgan fingerprint density at radius 2 is 2.40 bits per heavy atom. The lowest BCUT2D eigenvalue weighted by molar-refractivity contribution is -0.509. The second-order valence-electron chi connectivity index (χ2n) is 4.42. The molecule has 1 atom stereocenters. The van der Waals surface area contributed by atoms with Gasteiger partial charge in [0.05, 0.1) is 6.20 Å². The Balaban J connectivity index is 1.99. The molecular formula is C14H11N3O3. The molecule has 0 radical (unpaired) electrons. The Bertz CT molecular complexity index is 792. The summed E-state index contributed by atoms with van der Waals surface area (Å²) < 4.78 is 5.65. The van der Waals surface area contributed by atoms with E-state index in [-0.39, 0.29) is 4.92 Å². The number of hydrogen-bond donors (Lipinski definition) is 0. The van der Waals surface area contributed by atoms with Gasteiger partial charge in [-0.25, -0.2) is 4.98 Å². The lowest BCUT2D eigenvalue weighted by Crippen LogP contribution is -2.20. The zero-order valence-electron chi connectivity index (χ0n) is 10.5. The first-order chi connectivity index (χ1) is 9.74. The summed E-state index contributed by atoms with van der Waals surface area (Å²) in [6, 6.07) is -0.651. The van der Waals surface area contributed by atoms with Gasteiger partial charge in [-0.1, -0.05) is 11.8 Å². The largest absolute Gasteiger partial charge is 0.435 e. The van der Waals surface area contributed by atoms with Gasteiger partial charge in [-0.3, -0.25) is 15.1 Å². The molecule has 3 rings (SSSR count). The Kier molecular flexibility index (Phi) is 3.15. The molecule has 1 aliphatic carbocycles. The number of nitrogens with zero attached hydrogens (tertiary/aromatic N) is 3. The molecule has 0 saturated heterocycles. The van der Waals surface area contributed by atoms with Crippen molar-refractivity contribution in [3.05, 3.63) is 51.2 Å². The Labute approximate surface area is 114 Å². The van der Waals surface area contributed by atoms with Crippen molar-refractivity contribution in [2.24, 2.45) is 4.99 Å². The number of aromatic nitrogens is 1. The second kappa shape index (κ2) is 5.11. The molecular weight excluding hydrogens is 258 g/mol. The quantitative estimate of drug-likeness (QED) is 0.587. The van der Waals surface area contributed by atoms with E-state index in [1.807, 2.05) is 6.08 Å². The summed E-state index contributed by atoms with van der Waals surface area (Å²) in [6.45, 7) is 0. The molecule has 6 nitrogen and oxygen atoms in total. The fourth-order valence-corrected chi connectivity index (χ4v) is 2.05. The summed E-state index contributed by atoms with van der Waals surface area (Å²) in [4.78, 5) is 18.8. The number of allylic oxidation sites excluding steroid dienone is 3. The highest BCUT2D eigenvalue weighted by Crippen LogP contribution is 2.19. The van der Waals surface area contributed by atoms with Gasteiger partial charge in [0, 0.05) is 29.2 Å². The van der Waals surface area contributed by atoms with Gasteiger partial charge in [0.25, 0.3) is 0 Å². The highest BCUT2D eigenvalue weighted by atomic mass is 16.6. The van der Waals surface area contributed by atoms with Crippen LogP contribution in [0.5, 0.6) is 0 Å². The molecule has 1 unspecified atom stereocenters. The van der Waals surface area contributed by atoms with Crippen molar-refractivity contribution in [3.63, 3.8) is 0 Å². The average Bonchev–Trinajstić information content (AvgIpc) is 2.63. The summed E-state index contributed by atoms with van der Waals surface area (Å²) in [5.41, 5.74) is 4.25. The van der Waals surface area contributed by atoms with Gasteiger partial charge in [-0.15, -0.1) is 0 Å². The molecule has 1 aromatic rings. The van der Waals surface area contributed by atoms with E-state index >= 15 is 0 Å². The van der Waals surface area contributed by atoms with Gasteiger partial charge in [-0.05, 0) is 18.6 Å². The molecule has 2 heterocycles. The molecule has 2 aliphatic rings. The summed E-state index contributed by atoms with van der Waals surface area (Å²) in [5.74, 6) is 0.447. The van der Waals surface area contributed by atoms with Crippen molar-refractivity contribution in [1.29, 1.82) is 0 Å². The third kappa shape index (κ3) is 2.37. The zero-order valence-corrected chi connectivity index (χ0v) is 10.5. The SMILES string of the molecule is O=[N+]([O-])C1C=CC(c2nc3c(o2)=CC=NC=C=3)=CCC1. The van der Waals surface area contributed by atoms with Crippen molar-refractivity contribution < 1.29 is 9.34 Å². The summed E-state index contributed by atoms with van der Waals surface area (Å²) >= 11 is 0. The molecule has 0 aromatic carbocycles. The van der Waals surface area contributed by atoms with Crippen molar-refractivity contribution >= 4 is 23.6 Å². The lowest BCUT2D eigenvalue weighted by Gasteiger charge is -1.99. The molecule has 6 heteroatoms. The van der Waals surface area contributed by atoms with Gasteiger partial charge in [0.15, 0.2) is 10.8 Å². The standard InChI is InChI=1S/C14H11N3O3/c18-17(19)11-3-1-2-10(4-5-11)14-16-12-6-8-15-9-7-13(12)20-14/h2,4-5,7-9,11H,1,3H2. The highest BCUT2D eigenvalue weighted by Gasteiger charge is 2.19. The Morgan fingerprint density at radius 3 is 3.25 bits per heavy atom. The van der Waals surface area contributed by atoms with Crippen molar-refractivity contribution in [2.75, 3.05) is 0 Å². The van der Waals surface area contributed by atoms with Crippen LogP contribution in [0.3, 0.4) is 0 Å². The molecule has 20 heavy (non-hydrogen) atoms. The molecule has 1 aromatic heterocycles. The maximum absolute atomic E-state index is 10.8. The van der Waals surface area contributed by atoms with Gasteiger partial charge in [0.2, 0.25) is 11.9 Å². The monoisotopic (exact) mass is 269 g/mol. The number of oxazole rings is 1. The van der Waals surface area contributed by atoms with Crippen molar-refractivity contribution in [1.82, 2.24) is 4.98 Å². The first-order valence-corrected chi connectivity index (χ1v) is 6.22. The van der Waals surface area contributed by atoms with Crippen LogP contribution >= 0.6 is 0 Å². The van der Waals surface area contributed by atoms with E-state index in [9.17, 15) is 10.1 Å². The zero-order chi connectivity index (χ0) is 13.9. The normalized spacial score (nSPS) is 20.2. The maximum atomic E-state index is 10.8. The second-order valence-corrected chi connectivity index (χ2v) is 4.42. The van der Waals surface area contributed by atoms with E-state index in [4.69, 9.17) is 4.42 Å². The molecule has 0 amide bonds. The predicted molar refractivity (Wildman–Crippen MR) is 73.8 cm³/mol. The minimum atomic E-state index is -0.651. The van der Waals surface area contributed by atoms with E-state index in [1.54, 1.807) is 24.4 Å². The van der Waals surface area contributed by atoms with E-state index in [0.29, 0.717) is 29.5 Å². The Morgan fingerprint density at radius 1 is 1.50 bits per heavy atom. The molecule has 0 spiro atoms. The minimum absolute atomic E-state index is 0.279. The molecule has 100 valence electrons. The first kappa shape index (κ1) is 12.3. The predicted octanol–water partition coefficient (Wildman–Crippen LogP) is 0.811. The van der Waals surface area contributed by atoms with Gasteiger partial charge in [-0.2, -0.15) is 0 Å². The van der Waals surface area contributed by atoms with Crippen LogP contribution in [0.15, 0.2) is 33.8 Å². The molecule has 0 fully saturated rings. The number of fused-ring (bicyclic) bond motifs is 1. The first-order valence-electron chi connectivity index (χ1n) is 6.22. The number of hydrogen-bond acceptors (Lipinski definition) is 5. The van der Waals surface area contributed by atoms with Crippen molar-refractivity contribution in [2.45, 2.75) is 18.9 Å². The van der Waals surface area contributed by atoms with Crippen molar-refractivity contribution in [3.8, 4) is 0 Å². The summed E-state index contributed by atoms with van der Waals surface area (Å²) in [5, 5.41) is 11.4. The summed E-state index contributed by atoms with van der Waals surface area (Å²) in [7, 11) is 0. The van der Waals surface area contributed by atoms with Gasteiger partial charge < -0.3 is 4.42 Å². The van der Waals surface area contributed by atoms with Crippen LogP contribution in [-0.2, 0) is 0 Å². The fourth-order valence-electron chi connectivity index (χ4n) is 2.05. The van der Waals surface area contributed by atoms with E-state index in [0.717, 1.165) is 5.57 Å². The van der Waals surface area contributed by atoms with Crippen LogP contribution in [0, 0.1) is 10.1 Å². The molecule has 0 N–H and O–H groups in total. The van der Waals surface area contributed by atoms with Crippen LogP contribution in [-0.4, -0.2) is 22.2 Å². The van der Waals surface area contributed by atoms with Crippen LogP contribution in [0.25, 0.3) is 17.4 Å². The van der Waals surface area contributed by atoms with Crippen LogP contribution in [0.2, 0.25) is 0 Å². The summed E-state index contributed by atoms with van der Waals surface area (Å²) in [6.07, 6.45) is 11.1. The van der Waals surface area contributed by atoms with Crippen LogP contribution < -0.4 is 10.8 Å². The van der Waals surface area contributed by atoms with E-state index in [2.05, 4.69) is 15.7 Å². The Hall–Kier alpha value is -2.72. The van der Waals surface area contributed by atoms with E-state index in [1.165, 1.54) is 6.20 Å². The van der Waals surface area contributed by atoms with Crippen LogP contribution in [0.1, 0.15) is 18.7 Å². The highest BCUT2D eigenvalue weighted by molar-refractivity contribution is 5.91. The van der Waals surface area contributed by atoms with Gasteiger partial charge in [0.1, 0.15) is 0 Å². The number of nitro groups is 1. The average molecular weight is 269 g/mol. The lowest BCUT2D eigenvalue weighted by atomic mass is 10.2. The maximum Gasteiger partial charge on any atom is 0.231 e. The number of rotatable bonds is 2. The number of aliphatic imine (C=N–C) groups is 1. The third-order valence-electron chi connectivity index (χ3n) is 3.08. The molecule has 0 bridgehead atoms. The third-order valence-corrected chi connectivity index (χ3v) is 3.08.